The molecule has 3 rings (SSSR count). The van der Waals surface area contributed by atoms with Crippen LogP contribution in [-0.2, 0) is 4.74 Å². The zero-order valence-electron chi connectivity index (χ0n) is 17.8. The van der Waals surface area contributed by atoms with Crippen LogP contribution in [0, 0.1) is 6.92 Å². The van der Waals surface area contributed by atoms with Crippen LogP contribution in [0.5, 0.6) is 5.88 Å². The van der Waals surface area contributed by atoms with Crippen molar-refractivity contribution in [2.75, 3.05) is 32.4 Å². The number of piperidine rings is 2. The van der Waals surface area contributed by atoms with Crippen LogP contribution in [0.25, 0.3) is 0 Å². The van der Waals surface area contributed by atoms with Gasteiger partial charge >= 0.3 is 6.09 Å². The lowest BCUT2D eigenvalue weighted by Gasteiger charge is -2.32. The van der Waals surface area contributed by atoms with Gasteiger partial charge in [-0.2, -0.15) is 0 Å². The van der Waals surface area contributed by atoms with Crippen molar-refractivity contribution in [1.82, 2.24) is 19.2 Å². The number of carbonyl (C=O) groups is 1. The second-order valence-corrected chi connectivity index (χ2v) is 9.95. The highest BCUT2D eigenvalue weighted by Crippen LogP contribution is 2.34. The molecule has 1 aromatic heterocycles. The number of nitrogens with zero attached hydrogens (tertiary/aromatic N) is 4. The Labute approximate surface area is 182 Å². The third kappa shape index (κ3) is 6.39. The predicted octanol–water partition coefficient (Wildman–Crippen LogP) is 4.01. The molecule has 2 saturated heterocycles. The molecule has 2 fully saturated rings. The second-order valence-electron chi connectivity index (χ2n) is 7.77. The molecule has 7 nitrogen and oxygen atoms in total. The Kier molecular flexibility index (Phi) is 8.32. The zero-order valence-corrected chi connectivity index (χ0v) is 19.4. The van der Waals surface area contributed by atoms with Crippen molar-refractivity contribution in [2.24, 2.45) is 0 Å². The van der Waals surface area contributed by atoms with Gasteiger partial charge in [-0.3, -0.25) is 4.31 Å². The van der Waals surface area contributed by atoms with Crippen molar-refractivity contribution < 1.29 is 14.3 Å². The van der Waals surface area contributed by atoms with Crippen LogP contribution in [0.2, 0.25) is 0 Å². The van der Waals surface area contributed by atoms with Crippen LogP contribution in [0.3, 0.4) is 0 Å². The minimum Gasteiger partial charge on any atom is -0.474 e. The topological polar surface area (TPSA) is 67.8 Å². The first kappa shape index (κ1) is 22.5. The summed E-state index contributed by atoms with van der Waals surface area (Å²) in [6.45, 7) is 9.34. The van der Waals surface area contributed by atoms with Crippen molar-refractivity contribution in [3.8, 4) is 5.88 Å². The highest BCUT2D eigenvalue weighted by Gasteiger charge is 2.27. The summed E-state index contributed by atoms with van der Waals surface area (Å²) in [6.07, 6.45) is 7.41. The van der Waals surface area contributed by atoms with Gasteiger partial charge in [0.05, 0.1) is 6.10 Å². The van der Waals surface area contributed by atoms with Gasteiger partial charge < -0.3 is 14.4 Å². The van der Waals surface area contributed by atoms with Gasteiger partial charge in [-0.1, -0.05) is 11.9 Å². The lowest BCUT2D eigenvalue weighted by atomic mass is 10.1. The quantitative estimate of drug-likeness (QED) is 0.486. The van der Waals surface area contributed by atoms with Gasteiger partial charge in [-0.25, -0.2) is 14.8 Å². The fourth-order valence-corrected chi connectivity index (χ4v) is 5.25. The molecule has 1 amide bonds. The van der Waals surface area contributed by atoms with E-state index >= 15 is 0 Å². The number of aromatic nitrogens is 2. The smallest absolute Gasteiger partial charge is 0.410 e. The van der Waals surface area contributed by atoms with E-state index < -0.39 is 0 Å². The number of hydrogen-bond donors (Lipinski definition) is 0. The van der Waals surface area contributed by atoms with E-state index in [0.717, 1.165) is 36.5 Å². The maximum atomic E-state index is 12.0. The van der Waals surface area contributed by atoms with E-state index in [1.807, 2.05) is 44.5 Å². The number of rotatable bonds is 6. The first-order chi connectivity index (χ1) is 14.0. The van der Waals surface area contributed by atoms with Gasteiger partial charge in [0.25, 0.3) is 0 Å². The summed E-state index contributed by atoms with van der Waals surface area (Å²) in [7, 11) is 0. The molecule has 0 bridgehead atoms. The van der Waals surface area contributed by atoms with Crippen LogP contribution in [0.1, 0.15) is 45.1 Å². The third-order valence-electron chi connectivity index (χ3n) is 5.24. The molecule has 29 heavy (non-hydrogen) atoms. The van der Waals surface area contributed by atoms with Gasteiger partial charge in [0, 0.05) is 49.8 Å². The lowest BCUT2D eigenvalue weighted by molar-refractivity contribution is 0.0504. The monoisotopic (exact) mass is 440 g/mol. The van der Waals surface area contributed by atoms with Gasteiger partial charge in [-0.05, 0) is 39.9 Å². The Morgan fingerprint density at radius 3 is 2.45 bits per heavy atom. The van der Waals surface area contributed by atoms with Crippen molar-refractivity contribution in [3.05, 3.63) is 11.9 Å². The highest BCUT2D eigenvalue weighted by molar-refractivity contribution is 8.00. The summed E-state index contributed by atoms with van der Waals surface area (Å²) in [5.41, 5.74) is 1.02. The van der Waals surface area contributed by atoms with Gasteiger partial charge in [0.15, 0.2) is 0 Å². The first-order valence-corrected chi connectivity index (χ1v) is 12.4. The van der Waals surface area contributed by atoms with E-state index in [2.05, 4.69) is 20.5 Å². The molecule has 3 heterocycles. The molecule has 0 spiro atoms. The first-order valence-electron chi connectivity index (χ1n) is 10.4. The van der Waals surface area contributed by atoms with E-state index in [1.165, 1.54) is 12.8 Å². The van der Waals surface area contributed by atoms with Gasteiger partial charge in [-0.15, -0.1) is 11.8 Å². The molecule has 2 aliphatic rings. The third-order valence-corrected chi connectivity index (χ3v) is 7.57. The number of thioether (sulfide) groups is 1. The predicted molar refractivity (Wildman–Crippen MR) is 118 cm³/mol. The standard InChI is InChI=1S/C20H32N4O3S2/c1-14(2)26-20(25)23-9-5-16(6-10-23)27-18-15(3)19(22-13-21-18)29-17-7-11-24(28-4)12-8-17/h13-14,16-17H,5-12H2,1-4H3. The van der Waals surface area contributed by atoms with Crippen LogP contribution < -0.4 is 4.74 Å². The summed E-state index contributed by atoms with van der Waals surface area (Å²) < 4.78 is 13.9. The molecule has 0 radical (unpaired) electrons. The Balaban J connectivity index is 1.52. The molecule has 0 atom stereocenters. The van der Waals surface area contributed by atoms with E-state index in [9.17, 15) is 4.79 Å². The molecule has 0 N–H and O–H groups in total. The summed E-state index contributed by atoms with van der Waals surface area (Å²) in [4.78, 5) is 22.7. The molecular formula is C20H32N4O3S2. The maximum Gasteiger partial charge on any atom is 0.410 e. The largest absolute Gasteiger partial charge is 0.474 e. The minimum absolute atomic E-state index is 0.0642. The SMILES string of the molecule is CSN1CCC(Sc2ncnc(OC3CCN(C(=O)OC(C)C)CC3)c2C)CC1. The Bertz CT molecular complexity index is 676. The molecule has 9 heteroatoms. The zero-order chi connectivity index (χ0) is 20.8. The Hall–Kier alpha value is -1.19. The normalized spacial score (nSPS) is 19.6. The van der Waals surface area contributed by atoms with Crippen molar-refractivity contribution >= 4 is 29.8 Å². The van der Waals surface area contributed by atoms with Crippen LogP contribution in [0.4, 0.5) is 4.79 Å². The van der Waals surface area contributed by atoms with Crippen LogP contribution in [0.15, 0.2) is 11.4 Å². The summed E-state index contributed by atoms with van der Waals surface area (Å²) in [5, 5.41) is 1.62. The molecule has 162 valence electrons. The maximum absolute atomic E-state index is 12.0. The fourth-order valence-electron chi connectivity index (χ4n) is 3.54. The van der Waals surface area contributed by atoms with Crippen LogP contribution >= 0.6 is 23.7 Å². The average molecular weight is 441 g/mol. The number of ether oxygens (including phenoxy) is 2. The van der Waals surface area contributed by atoms with Crippen molar-refractivity contribution in [3.63, 3.8) is 0 Å². The number of amides is 1. The molecule has 0 aromatic carbocycles. The van der Waals surface area contributed by atoms with Gasteiger partial charge in [0.1, 0.15) is 17.5 Å². The fraction of sp³-hybridized carbons (Fsp3) is 0.750. The van der Waals surface area contributed by atoms with E-state index in [1.54, 1.807) is 11.2 Å². The number of likely N-dealkylation sites (tertiary alicyclic amines) is 1. The molecular weight excluding hydrogens is 408 g/mol. The van der Waals surface area contributed by atoms with E-state index in [4.69, 9.17) is 9.47 Å². The van der Waals surface area contributed by atoms with E-state index in [-0.39, 0.29) is 18.3 Å². The summed E-state index contributed by atoms with van der Waals surface area (Å²) >= 11 is 3.68. The highest BCUT2D eigenvalue weighted by atomic mass is 32.2. The van der Waals surface area contributed by atoms with Crippen LogP contribution in [-0.4, -0.2) is 75.2 Å². The molecule has 0 saturated carbocycles. The van der Waals surface area contributed by atoms with Gasteiger partial charge in [0.2, 0.25) is 5.88 Å². The molecule has 2 aliphatic heterocycles. The van der Waals surface area contributed by atoms with Crippen molar-refractivity contribution in [2.45, 2.75) is 68.9 Å². The molecule has 0 aliphatic carbocycles. The Morgan fingerprint density at radius 1 is 1.14 bits per heavy atom. The lowest BCUT2D eigenvalue weighted by Crippen LogP contribution is -2.42. The minimum atomic E-state index is -0.233. The summed E-state index contributed by atoms with van der Waals surface area (Å²) in [6, 6.07) is 0. The number of hydrogen-bond acceptors (Lipinski definition) is 8. The molecule has 1 aromatic rings. The molecule has 0 unspecified atom stereocenters. The Morgan fingerprint density at radius 2 is 1.83 bits per heavy atom. The average Bonchev–Trinajstić information content (AvgIpc) is 2.71. The van der Waals surface area contributed by atoms with Crippen molar-refractivity contribution in [1.29, 1.82) is 0 Å². The van der Waals surface area contributed by atoms with E-state index in [0.29, 0.717) is 24.2 Å². The second kappa shape index (κ2) is 10.7. The number of carbonyl (C=O) groups excluding carboxylic acids is 1. The summed E-state index contributed by atoms with van der Waals surface area (Å²) in [5.74, 6) is 0.673.